The van der Waals surface area contributed by atoms with Crippen molar-refractivity contribution in [2.24, 2.45) is 5.92 Å². The van der Waals surface area contributed by atoms with Gasteiger partial charge in [-0.3, -0.25) is 4.79 Å². The van der Waals surface area contributed by atoms with Crippen LogP contribution in [0.5, 0.6) is 11.6 Å². The van der Waals surface area contributed by atoms with Crippen LogP contribution in [0.15, 0.2) is 30.6 Å². The normalized spacial score (nSPS) is 17.3. The van der Waals surface area contributed by atoms with Gasteiger partial charge in [-0.05, 0) is 19.1 Å². The minimum Gasteiger partial charge on any atom is -0.439 e. The zero-order chi connectivity index (χ0) is 19.6. The van der Waals surface area contributed by atoms with Gasteiger partial charge in [-0.2, -0.15) is 0 Å². The summed E-state index contributed by atoms with van der Waals surface area (Å²) in [5.74, 6) is -0.763. The quantitative estimate of drug-likeness (QED) is 0.820. The van der Waals surface area contributed by atoms with E-state index in [1.165, 1.54) is 12.4 Å². The number of amides is 1. The van der Waals surface area contributed by atoms with Gasteiger partial charge in [-0.15, -0.1) is 0 Å². The molecule has 0 saturated carbocycles. The number of benzene rings is 1. The van der Waals surface area contributed by atoms with E-state index in [0.29, 0.717) is 25.5 Å². The molecule has 0 radical (unpaired) electrons. The first-order valence-electron chi connectivity index (χ1n) is 8.85. The summed E-state index contributed by atoms with van der Waals surface area (Å²) in [7, 11) is 0. The SMILES string of the molecule is CC(C)C(=O)N1CCN(c2cc(Oc3ccc(F)c(F)c3)ncn2)CC1C. The van der Waals surface area contributed by atoms with Gasteiger partial charge in [0.25, 0.3) is 0 Å². The summed E-state index contributed by atoms with van der Waals surface area (Å²) < 4.78 is 31.9. The fraction of sp³-hybridized carbons (Fsp3) is 0.421. The number of hydrogen-bond donors (Lipinski definition) is 0. The van der Waals surface area contributed by atoms with Crippen LogP contribution in [0.2, 0.25) is 0 Å². The lowest BCUT2D eigenvalue weighted by molar-refractivity contribution is -0.136. The second-order valence-electron chi connectivity index (χ2n) is 6.87. The number of piperazine rings is 1. The molecule has 1 unspecified atom stereocenters. The third-order valence-electron chi connectivity index (χ3n) is 4.47. The molecule has 1 saturated heterocycles. The Morgan fingerprint density at radius 1 is 1.19 bits per heavy atom. The fourth-order valence-electron chi connectivity index (χ4n) is 3.04. The Kier molecular flexibility index (Phi) is 5.53. The molecule has 0 N–H and O–H groups in total. The molecule has 8 heteroatoms. The van der Waals surface area contributed by atoms with Crippen molar-refractivity contribution in [3.63, 3.8) is 0 Å². The lowest BCUT2D eigenvalue weighted by Crippen LogP contribution is -2.55. The van der Waals surface area contributed by atoms with Crippen molar-refractivity contribution in [2.45, 2.75) is 26.8 Å². The summed E-state index contributed by atoms with van der Waals surface area (Å²) in [6.45, 7) is 7.69. The fourth-order valence-corrected chi connectivity index (χ4v) is 3.04. The van der Waals surface area contributed by atoms with E-state index in [4.69, 9.17) is 4.74 Å². The highest BCUT2D eigenvalue weighted by molar-refractivity contribution is 5.78. The molecule has 1 aliphatic rings. The van der Waals surface area contributed by atoms with Crippen LogP contribution in [0.3, 0.4) is 0 Å². The Labute approximate surface area is 156 Å². The summed E-state index contributed by atoms with van der Waals surface area (Å²) in [5, 5.41) is 0. The highest BCUT2D eigenvalue weighted by Gasteiger charge is 2.29. The van der Waals surface area contributed by atoms with Crippen molar-refractivity contribution in [1.82, 2.24) is 14.9 Å². The molecule has 27 heavy (non-hydrogen) atoms. The summed E-state index contributed by atoms with van der Waals surface area (Å²) in [4.78, 5) is 24.5. The minimum absolute atomic E-state index is 0.0332. The summed E-state index contributed by atoms with van der Waals surface area (Å²) in [6, 6.07) is 5.00. The number of ether oxygens (including phenoxy) is 1. The predicted molar refractivity (Wildman–Crippen MR) is 96.7 cm³/mol. The maximum atomic E-state index is 13.3. The molecular weight excluding hydrogens is 354 g/mol. The molecule has 0 spiro atoms. The highest BCUT2D eigenvalue weighted by atomic mass is 19.2. The molecule has 0 bridgehead atoms. The molecule has 2 heterocycles. The zero-order valence-electron chi connectivity index (χ0n) is 15.5. The van der Waals surface area contributed by atoms with Crippen molar-refractivity contribution >= 4 is 11.7 Å². The summed E-state index contributed by atoms with van der Waals surface area (Å²) in [6.07, 6.45) is 1.36. The van der Waals surface area contributed by atoms with Gasteiger partial charge in [-0.1, -0.05) is 13.8 Å². The predicted octanol–water partition coefficient (Wildman–Crippen LogP) is 3.24. The Morgan fingerprint density at radius 2 is 1.96 bits per heavy atom. The van der Waals surface area contributed by atoms with Crippen LogP contribution in [0.4, 0.5) is 14.6 Å². The third kappa shape index (κ3) is 4.32. The van der Waals surface area contributed by atoms with Crippen LogP contribution in [0.25, 0.3) is 0 Å². The number of nitrogens with zero attached hydrogens (tertiary/aromatic N) is 4. The van der Waals surface area contributed by atoms with Crippen molar-refractivity contribution in [3.05, 3.63) is 42.2 Å². The van der Waals surface area contributed by atoms with E-state index in [0.717, 1.165) is 12.1 Å². The lowest BCUT2D eigenvalue weighted by atomic mass is 10.1. The van der Waals surface area contributed by atoms with Gasteiger partial charge in [0.15, 0.2) is 11.6 Å². The van der Waals surface area contributed by atoms with Crippen LogP contribution >= 0.6 is 0 Å². The maximum Gasteiger partial charge on any atom is 0.225 e. The largest absolute Gasteiger partial charge is 0.439 e. The molecule has 6 nitrogen and oxygen atoms in total. The van der Waals surface area contributed by atoms with Crippen molar-refractivity contribution in [3.8, 4) is 11.6 Å². The van der Waals surface area contributed by atoms with Crippen molar-refractivity contribution in [2.75, 3.05) is 24.5 Å². The number of halogens is 2. The Bertz CT molecular complexity index is 831. The summed E-state index contributed by atoms with van der Waals surface area (Å²) >= 11 is 0. The number of anilines is 1. The molecule has 2 aromatic rings. The minimum atomic E-state index is -0.985. The van der Waals surface area contributed by atoms with Crippen LogP contribution < -0.4 is 9.64 Å². The van der Waals surface area contributed by atoms with E-state index in [1.54, 1.807) is 6.07 Å². The molecular formula is C19H22F2N4O2. The molecule has 1 aromatic carbocycles. The molecule has 1 amide bonds. The second kappa shape index (κ2) is 7.85. The first kappa shape index (κ1) is 19.0. The van der Waals surface area contributed by atoms with Gasteiger partial charge in [0, 0.05) is 43.7 Å². The molecule has 1 aromatic heterocycles. The first-order valence-corrected chi connectivity index (χ1v) is 8.85. The van der Waals surface area contributed by atoms with Crippen LogP contribution in [0, 0.1) is 17.6 Å². The molecule has 1 aliphatic heterocycles. The zero-order valence-corrected chi connectivity index (χ0v) is 15.5. The summed E-state index contributed by atoms with van der Waals surface area (Å²) in [5.41, 5.74) is 0. The number of aromatic nitrogens is 2. The average Bonchev–Trinajstić information content (AvgIpc) is 2.64. The van der Waals surface area contributed by atoms with E-state index >= 15 is 0 Å². The number of carbonyl (C=O) groups excluding carboxylic acids is 1. The van der Waals surface area contributed by atoms with Crippen LogP contribution in [-0.4, -0.2) is 46.5 Å². The number of hydrogen-bond acceptors (Lipinski definition) is 5. The Balaban J connectivity index is 1.70. The van der Waals surface area contributed by atoms with Gasteiger partial charge >= 0.3 is 0 Å². The van der Waals surface area contributed by atoms with Crippen LogP contribution in [-0.2, 0) is 4.79 Å². The maximum absolute atomic E-state index is 13.3. The van der Waals surface area contributed by atoms with Crippen LogP contribution in [0.1, 0.15) is 20.8 Å². The van der Waals surface area contributed by atoms with E-state index in [-0.39, 0.29) is 29.5 Å². The third-order valence-corrected chi connectivity index (χ3v) is 4.47. The molecule has 3 rings (SSSR count). The monoisotopic (exact) mass is 376 g/mol. The molecule has 1 fully saturated rings. The molecule has 0 aliphatic carbocycles. The topological polar surface area (TPSA) is 58.6 Å². The van der Waals surface area contributed by atoms with E-state index < -0.39 is 11.6 Å². The van der Waals surface area contributed by atoms with Gasteiger partial charge < -0.3 is 14.5 Å². The van der Waals surface area contributed by atoms with Gasteiger partial charge in [-0.25, -0.2) is 18.7 Å². The van der Waals surface area contributed by atoms with Gasteiger partial charge in [0.2, 0.25) is 11.8 Å². The Morgan fingerprint density at radius 3 is 2.63 bits per heavy atom. The smallest absolute Gasteiger partial charge is 0.225 e. The van der Waals surface area contributed by atoms with E-state index in [1.807, 2.05) is 25.7 Å². The van der Waals surface area contributed by atoms with E-state index in [9.17, 15) is 13.6 Å². The highest BCUT2D eigenvalue weighted by Crippen LogP contribution is 2.25. The van der Waals surface area contributed by atoms with Crippen molar-refractivity contribution < 1.29 is 18.3 Å². The molecule has 1 atom stereocenters. The number of rotatable bonds is 4. The first-order chi connectivity index (χ1) is 12.8. The average molecular weight is 376 g/mol. The van der Waals surface area contributed by atoms with Crippen molar-refractivity contribution in [1.29, 1.82) is 0 Å². The van der Waals surface area contributed by atoms with E-state index in [2.05, 4.69) is 14.9 Å². The molecule has 144 valence electrons. The second-order valence-corrected chi connectivity index (χ2v) is 6.87. The van der Waals surface area contributed by atoms with Gasteiger partial charge in [0.1, 0.15) is 17.9 Å². The standard InChI is InChI=1S/C19H22F2N4O2/c1-12(2)19(26)25-7-6-24(10-13(25)3)17-9-18(23-11-22-17)27-14-4-5-15(20)16(21)8-14/h4-5,8-9,11-13H,6-7,10H2,1-3H3. The Hall–Kier alpha value is -2.77. The van der Waals surface area contributed by atoms with Gasteiger partial charge in [0.05, 0.1) is 0 Å². The lowest BCUT2D eigenvalue weighted by Gasteiger charge is -2.41. The number of carbonyl (C=O) groups is 1.